The highest BCUT2D eigenvalue weighted by Gasteiger charge is 2.35. The molecular formula is C29H30ClN4O3S-. The molecule has 1 aliphatic heterocycles. The van der Waals surface area contributed by atoms with E-state index >= 15 is 0 Å². The Morgan fingerprint density at radius 2 is 1.66 bits per heavy atom. The molecule has 1 aliphatic carbocycles. The fraction of sp³-hybridized carbons (Fsp3) is 0.276. The third-order valence-corrected chi connectivity index (χ3v) is 8.66. The maximum Gasteiger partial charge on any atom is 0.277 e. The van der Waals surface area contributed by atoms with Gasteiger partial charge in [0.2, 0.25) is 0 Å². The summed E-state index contributed by atoms with van der Waals surface area (Å²) in [4.78, 5) is 16.1. The lowest BCUT2D eigenvalue weighted by molar-refractivity contribution is -0.284. The van der Waals surface area contributed by atoms with E-state index in [9.17, 15) is 9.90 Å². The molecule has 9 heteroatoms. The first kappa shape index (κ1) is 26.4. The molecule has 38 heavy (non-hydrogen) atoms. The van der Waals surface area contributed by atoms with Gasteiger partial charge >= 0.3 is 0 Å². The van der Waals surface area contributed by atoms with Gasteiger partial charge in [0.25, 0.3) is 5.56 Å². The van der Waals surface area contributed by atoms with Crippen molar-refractivity contribution in [1.82, 2.24) is 15.9 Å². The minimum absolute atomic E-state index is 0. The monoisotopic (exact) mass is 549 g/mol. The summed E-state index contributed by atoms with van der Waals surface area (Å²) in [7, 11) is 0. The van der Waals surface area contributed by atoms with Gasteiger partial charge in [-0.15, -0.1) is 0 Å². The highest BCUT2D eigenvalue weighted by molar-refractivity contribution is 7.99. The van der Waals surface area contributed by atoms with Crippen LogP contribution in [-0.2, 0) is 4.74 Å². The van der Waals surface area contributed by atoms with Crippen LogP contribution in [0.5, 0.6) is 5.88 Å². The smallest absolute Gasteiger partial charge is 0.277 e. The van der Waals surface area contributed by atoms with Gasteiger partial charge in [0, 0.05) is 29.6 Å². The first-order chi connectivity index (χ1) is 18.1. The summed E-state index contributed by atoms with van der Waals surface area (Å²) in [5, 5.41) is 16.9. The number of rotatable bonds is 7. The number of morpholine rings is 1. The largest absolute Gasteiger partial charge is 0.858 e. The van der Waals surface area contributed by atoms with Crippen molar-refractivity contribution in [3.8, 4) is 5.88 Å². The lowest BCUT2D eigenvalue weighted by Gasteiger charge is -2.35. The van der Waals surface area contributed by atoms with Crippen molar-refractivity contribution < 1.29 is 9.84 Å². The van der Waals surface area contributed by atoms with Crippen LogP contribution >= 0.6 is 23.4 Å². The standard InChI is InChI=1S/C29H28ClN3O3S.H3N/c30-23-8-4-5-9-25(23)37-27-28(34)31-33(29(27)35)26(20-6-2-1-3-7-20)21-12-14-22(15-13-21)32-16-17-36-24(18-32)19-10-11-19;/h1-9,12-15,19,24,26,35H,10-11,16-18H2,(H,31,34);1H3/p-1. The zero-order valence-corrected chi connectivity index (χ0v) is 22.5. The number of halogens is 1. The van der Waals surface area contributed by atoms with Crippen LogP contribution in [0.15, 0.2) is 93.4 Å². The van der Waals surface area contributed by atoms with Crippen molar-refractivity contribution in [3.05, 3.63) is 105 Å². The number of anilines is 1. The zero-order valence-electron chi connectivity index (χ0n) is 20.9. The lowest BCUT2D eigenvalue weighted by Crippen LogP contribution is -2.43. The summed E-state index contributed by atoms with van der Waals surface area (Å²) in [5.41, 5.74) is 2.54. The minimum atomic E-state index is -0.472. The summed E-state index contributed by atoms with van der Waals surface area (Å²) < 4.78 is 7.42. The molecule has 7 nitrogen and oxygen atoms in total. The van der Waals surface area contributed by atoms with Crippen molar-refractivity contribution in [2.45, 2.75) is 34.8 Å². The average Bonchev–Trinajstić information content (AvgIpc) is 3.75. The quantitative estimate of drug-likeness (QED) is 0.316. The van der Waals surface area contributed by atoms with Crippen molar-refractivity contribution in [3.63, 3.8) is 0 Å². The third-order valence-electron chi connectivity index (χ3n) is 7.08. The van der Waals surface area contributed by atoms with Gasteiger partial charge in [-0.1, -0.05) is 78.0 Å². The van der Waals surface area contributed by atoms with Crippen LogP contribution in [0, 0.1) is 5.92 Å². The number of H-pyrrole nitrogens is 1. The fourth-order valence-electron chi connectivity index (χ4n) is 4.98. The molecule has 2 unspecified atom stereocenters. The second-order valence-corrected chi connectivity index (χ2v) is 11.0. The van der Waals surface area contributed by atoms with Crippen LogP contribution in [0.25, 0.3) is 0 Å². The molecule has 2 aliphatic rings. The lowest BCUT2D eigenvalue weighted by atomic mass is 9.98. The van der Waals surface area contributed by atoms with Crippen molar-refractivity contribution in [1.29, 1.82) is 0 Å². The second kappa shape index (κ2) is 11.3. The summed E-state index contributed by atoms with van der Waals surface area (Å²) >= 11 is 7.39. The molecule has 6 rings (SSSR count). The molecule has 2 atom stereocenters. The van der Waals surface area contributed by atoms with E-state index in [0.29, 0.717) is 21.9 Å². The van der Waals surface area contributed by atoms with Crippen LogP contribution in [0.1, 0.15) is 30.0 Å². The Bertz CT molecular complexity index is 1440. The van der Waals surface area contributed by atoms with Crippen LogP contribution < -0.4 is 21.7 Å². The molecule has 0 radical (unpaired) electrons. The van der Waals surface area contributed by atoms with E-state index in [1.807, 2.05) is 54.6 Å². The van der Waals surface area contributed by atoms with E-state index in [0.717, 1.165) is 48.3 Å². The van der Waals surface area contributed by atoms with E-state index < -0.39 is 11.6 Å². The van der Waals surface area contributed by atoms with Crippen molar-refractivity contribution in [2.75, 3.05) is 24.6 Å². The molecule has 0 amide bonds. The highest BCUT2D eigenvalue weighted by Crippen LogP contribution is 2.39. The van der Waals surface area contributed by atoms with Crippen molar-refractivity contribution in [2.24, 2.45) is 5.92 Å². The Balaban J connectivity index is 0.00000294. The molecule has 1 aromatic heterocycles. The van der Waals surface area contributed by atoms with E-state index in [-0.39, 0.29) is 16.9 Å². The molecule has 1 saturated carbocycles. The Morgan fingerprint density at radius 1 is 0.974 bits per heavy atom. The van der Waals surface area contributed by atoms with Gasteiger partial charge < -0.3 is 20.9 Å². The third kappa shape index (κ3) is 5.35. The van der Waals surface area contributed by atoms with Gasteiger partial charge in [0.1, 0.15) is 0 Å². The Labute approximate surface area is 231 Å². The van der Waals surface area contributed by atoms with Gasteiger partial charge in [-0.05, 0) is 54.2 Å². The Hall–Kier alpha value is -3.17. The molecule has 2 fully saturated rings. The molecule has 0 spiro atoms. The van der Waals surface area contributed by atoms with Gasteiger partial charge in [-0.3, -0.25) is 14.6 Å². The molecule has 4 aromatic rings. The predicted octanol–water partition coefficient (Wildman–Crippen LogP) is 5.47. The molecule has 0 bridgehead atoms. The van der Waals surface area contributed by atoms with Gasteiger partial charge in [0.05, 0.1) is 28.7 Å². The first-order valence-electron chi connectivity index (χ1n) is 12.5. The number of hydrogen-bond acceptors (Lipinski definition) is 6. The zero-order chi connectivity index (χ0) is 25.4. The molecule has 3 aromatic carbocycles. The number of benzene rings is 3. The van der Waals surface area contributed by atoms with Crippen LogP contribution in [-0.4, -0.2) is 35.6 Å². The number of hydrogen-bond donors (Lipinski definition) is 2. The topological polar surface area (TPSA) is 108 Å². The van der Waals surface area contributed by atoms with Gasteiger partial charge in [0.15, 0.2) is 0 Å². The van der Waals surface area contributed by atoms with Crippen LogP contribution in [0.4, 0.5) is 5.69 Å². The van der Waals surface area contributed by atoms with E-state index in [1.54, 1.807) is 12.1 Å². The number of ether oxygens (including phenoxy) is 1. The normalized spacial score (nSPS) is 18.1. The predicted molar refractivity (Wildman–Crippen MR) is 150 cm³/mol. The molecule has 1 saturated heterocycles. The molecule has 4 N–H and O–H groups in total. The highest BCUT2D eigenvalue weighted by atomic mass is 35.5. The first-order valence-corrected chi connectivity index (χ1v) is 13.7. The van der Waals surface area contributed by atoms with Crippen LogP contribution in [0.3, 0.4) is 0 Å². The number of nitrogens with zero attached hydrogens (tertiary/aromatic N) is 2. The summed E-state index contributed by atoms with van der Waals surface area (Å²) in [6, 6.07) is 24.8. The van der Waals surface area contributed by atoms with Gasteiger partial charge in [-0.25, -0.2) is 0 Å². The maximum atomic E-state index is 13.6. The number of nitrogens with one attached hydrogen (secondary N) is 1. The van der Waals surface area contributed by atoms with Crippen LogP contribution in [0.2, 0.25) is 5.02 Å². The van der Waals surface area contributed by atoms with E-state index in [2.05, 4.69) is 22.1 Å². The second-order valence-electron chi connectivity index (χ2n) is 9.58. The van der Waals surface area contributed by atoms with Gasteiger partial charge in [-0.2, -0.15) is 0 Å². The molecule has 198 valence electrons. The number of aromatic amines is 1. The van der Waals surface area contributed by atoms with E-state index in [1.165, 1.54) is 17.5 Å². The number of aromatic nitrogens is 2. The van der Waals surface area contributed by atoms with E-state index in [4.69, 9.17) is 16.3 Å². The Kier molecular flexibility index (Phi) is 7.85. The fourth-order valence-corrected chi connectivity index (χ4v) is 6.09. The Morgan fingerprint density at radius 3 is 2.37 bits per heavy atom. The molecule has 2 heterocycles. The van der Waals surface area contributed by atoms with Crippen molar-refractivity contribution >= 4 is 29.1 Å². The maximum absolute atomic E-state index is 13.6. The average molecular weight is 550 g/mol. The minimum Gasteiger partial charge on any atom is -0.858 e. The summed E-state index contributed by atoms with van der Waals surface area (Å²) in [6.07, 6.45) is 2.84. The summed E-state index contributed by atoms with van der Waals surface area (Å²) in [6.45, 7) is 2.51. The summed E-state index contributed by atoms with van der Waals surface area (Å²) in [5.74, 6) is 0.330. The molecular weight excluding hydrogens is 520 g/mol. The SMILES string of the molecule is N.O=c1[nH]n(C(c2ccccc2)c2ccc(N3CCOC(C4CC4)C3)cc2)c([O-])c1Sc1ccccc1Cl.